The number of terminal acetylenes is 1. The van der Waals surface area contributed by atoms with Gasteiger partial charge < -0.3 is 14.2 Å². The smallest absolute Gasteiger partial charge is 0.158 e. The monoisotopic (exact) mass is 288 g/mol. The van der Waals surface area contributed by atoms with E-state index in [0.29, 0.717) is 6.61 Å². The molecule has 1 fully saturated rings. The van der Waals surface area contributed by atoms with Gasteiger partial charge in [0.25, 0.3) is 0 Å². The maximum Gasteiger partial charge on any atom is 0.158 e. The summed E-state index contributed by atoms with van der Waals surface area (Å²) in [4.78, 5) is 0. The Hall–Kier alpha value is -1.34. The summed E-state index contributed by atoms with van der Waals surface area (Å²) >= 11 is 0. The van der Waals surface area contributed by atoms with Crippen LogP contribution in [0.4, 0.5) is 0 Å². The van der Waals surface area contributed by atoms with Gasteiger partial charge in [0.2, 0.25) is 0 Å². The van der Waals surface area contributed by atoms with Crippen LogP contribution in [0.2, 0.25) is 0 Å². The molecule has 0 spiro atoms. The molecule has 2 atom stereocenters. The fraction of sp³-hybridized carbons (Fsp3) is 0.556. The van der Waals surface area contributed by atoms with Crippen LogP contribution in [0.5, 0.6) is 0 Å². The quantitative estimate of drug-likeness (QED) is 0.566. The third-order valence-electron chi connectivity index (χ3n) is 3.52. The van der Waals surface area contributed by atoms with E-state index >= 15 is 0 Å². The van der Waals surface area contributed by atoms with Gasteiger partial charge >= 0.3 is 0 Å². The van der Waals surface area contributed by atoms with Gasteiger partial charge in [0.15, 0.2) is 6.29 Å². The third kappa shape index (κ3) is 5.17. The highest BCUT2D eigenvalue weighted by atomic mass is 16.7. The fourth-order valence-electron chi connectivity index (χ4n) is 2.34. The average molecular weight is 288 g/mol. The Morgan fingerprint density at radius 1 is 1.33 bits per heavy atom. The number of hydrogen-bond acceptors (Lipinski definition) is 3. The Bertz CT molecular complexity index is 441. The molecule has 2 rings (SSSR count). The molecule has 0 radical (unpaired) electrons. The van der Waals surface area contributed by atoms with Gasteiger partial charge in [0.05, 0.1) is 6.61 Å². The topological polar surface area (TPSA) is 27.7 Å². The van der Waals surface area contributed by atoms with Crippen LogP contribution >= 0.6 is 0 Å². The van der Waals surface area contributed by atoms with E-state index in [2.05, 4.69) is 12.8 Å². The Morgan fingerprint density at radius 3 is 2.76 bits per heavy atom. The van der Waals surface area contributed by atoms with Crippen LogP contribution in [-0.4, -0.2) is 26.1 Å². The second kappa shape index (κ2) is 8.84. The van der Waals surface area contributed by atoms with Gasteiger partial charge in [0.1, 0.15) is 6.10 Å². The summed E-state index contributed by atoms with van der Waals surface area (Å²) in [5, 5.41) is 0. The molecule has 1 aliphatic rings. The first-order valence-corrected chi connectivity index (χ1v) is 7.75. The first kappa shape index (κ1) is 16.0. The maximum absolute atomic E-state index is 6.10. The molecule has 1 unspecified atom stereocenters. The van der Waals surface area contributed by atoms with Crippen LogP contribution in [0.3, 0.4) is 0 Å². The first-order chi connectivity index (χ1) is 10.3. The van der Waals surface area contributed by atoms with E-state index in [-0.39, 0.29) is 12.4 Å². The number of rotatable bonds is 7. The summed E-state index contributed by atoms with van der Waals surface area (Å²) in [5.74, 6) is 2.63. The first-order valence-electron chi connectivity index (χ1n) is 7.75. The lowest BCUT2D eigenvalue weighted by Gasteiger charge is -2.28. The number of hydrogen-bond donors (Lipinski definition) is 0. The Balaban J connectivity index is 2.00. The van der Waals surface area contributed by atoms with Crippen LogP contribution in [0, 0.1) is 12.3 Å². The predicted molar refractivity (Wildman–Crippen MR) is 82.9 cm³/mol. The summed E-state index contributed by atoms with van der Waals surface area (Å²) in [7, 11) is 0. The van der Waals surface area contributed by atoms with E-state index in [1.165, 1.54) is 0 Å². The van der Waals surface area contributed by atoms with Gasteiger partial charge in [0, 0.05) is 18.8 Å². The van der Waals surface area contributed by atoms with E-state index < -0.39 is 0 Å². The van der Waals surface area contributed by atoms with Crippen LogP contribution in [0.15, 0.2) is 24.3 Å². The summed E-state index contributed by atoms with van der Waals surface area (Å²) in [5.41, 5.74) is 1.96. The molecular weight excluding hydrogens is 264 g/mol. The molecule has 114 valence electrons. The van der Waals surface area contributed by atoms with Crippen molar-refractivity contribution in [1.29, 1.82) is 0 Å². The fourth-order valence-corrected chi connectivity index (χ4v) is 2.34. The van der Waals surface area contributed by atoms with Crippen molar-refractivity contribution in [3.05, 3.63) is 35.4 Å². The normalized spacial score (nSPS) is 19.9. The molecule has 0 saturated carbocycles. The standard InChI is InChI=1S/C18H24O3/c1-3-12-19-14-17(21-18-7-5-6-13-20-18)16-10-8-15(4-2)9-11-16/h2,8-11,17-18H,3,5-7,12-14H2,1H3/t17-,18?/m1/s1. The van der Waals surface area contributed by atoms with Crippen molar-refractivity contribution < 1.29 is 14.2 Å². The lowest BCUT2D eigenvalue weighted by molar-refractivity contribution is -0.200. The minimum absolute atomic E-state index is 0.105. The summed E-state index contributed by atoms with van der Waals surface area (Å²) in [6, 6.07) is 7.90. The molecule has 1 aromatic rings. The third-order valence-corrected chi connectivity index (χ3v) is 3.52. The molecule has 21 heavy (non-hydrogen) atoms. The van der Waals surface area contributed by atoms with Crippen molar-refractivity contribution in [3.63, 3.8) is 0 Å². The summed E-state index contributed by atoms with van der Waals surface area (Å²) in [6.07, 6.45) is 9.40. The van der Waals surface area contributed by atoms with Crippen molar-refractivity contribution in [2.75, 3.05) is 19.8 Å². The van der Waals surface area contributed by atoms with Crippen LogP contribution in [-0.2, 0) is 14.2 Å². The van der Waals surface area contributed by atoms with Gasteiger partial charge in [-0.25, -0.2) is 0 Å². The molecule has 3 heteroatoms. The molecule has 1 heterocycles. The highest BCUT2D eigenvalue weighted by molar-refractivity contribution is 5.34. The van der Waals surface area contributed by atoms with Crippen molar-refractivity contribution in [3.8, 4) is 12.3 Å². The van der Waals surface area contributed by atoms with Gasteiger partial charge in [-0.15, -0.1) is 6.42 Å². The van der Waals surface area contributed by atoms with E-state index in [4.69, 9.17) is 20.6 Å². The summed E-state index contributed by atoms with van der Waals surface area (Å²) < 4.78 is 17.4. The van der Waals surface area contributed by atoms with E-state index in [1.807, 2.05) is 24.3 Å². The van der Waals surface area contributed by atoms with Crippen molar-refractivity contribution in [2.45, 2.75) is 45.0 Å². The zero-order chi connectivity index (χ0) is 14.9. The number of benzene rings is 1. The van der Waals surface area contributed by atoms with Gasteiger partial charge in [-0.3, -0.25) is 0 Å². The second-order valence-electron chi connectivity index (χ2n) is 5.26. The lowest BCUT2D eigenvalue weighted by Crippen LogP contribution is -2.26. The van der Waals surface area contributed by atoms with Crippen molar-refractivity contribution in [1.82, 2.24) is 0 Å². The molecule has 1 aromatic carbocycles. The Labute approximate surface area is 127 Å². The molecule has 0 aromatic heterocycles. The van der Waals surface area contributed by atoms with Crippen molar-refractivity contribution >= 4 is 0 Å². The predicted octanol–water partition coefficient (Wildman–Crippen LogP) is 3.68. The molecule has 0 amide bonds. The van der Waals surface area contributed by atoms with E-state index in [0.717, 1.165) is 50.0 Å². The molecule has 0 aliphatic carbocycles. The molecule has 1 saturated heterocycles. The van der Waals surface area contributed by atoms with E-state index in [9.17, 15) is 0 Å². The minimum atomic E-state index is -0.124. The Morgan fingerprint density at radius 2 is 2.14 bits per heavy atom. The molecule has 3 nitrogen and oxygen atoms in total. The van der Waals surface area contributed by atoms with Crippen LogP contribution in [0.25, 0.3) is 0 Å². The second-order valence-corrected chi connectivity index (χ2v) is 5.26. The molecule has 1 aliphatic heterocycles. The Kier molecular flexibility index (Phi) is 6.75. The average Bonchev–Trinajstić information content (AvgIpc) is 2.55. The van der Waals surface area contributed by atoms with Crippen molar-refractivity contribution in [2.24, 2.45) is 0 Å². The van der Waals surface area contributed by atoms with Gasteiger partial charge in [-0.2, -0.15) is 0 Å². The van der Waals surface area contributed by atoms with Gasteiger partial charge in [-0.05, 0) is 43.4 Å². The zero-order valence-electron chi connectivity index (χ0n) is 12.7. The molecule has 0 N–H and O–H groups in total. The minimum Gasteiger partial charge on any atom is -0.378 e. The van der Waals surface area contributed by atoms with E-state index in [1.54, 1.807) is 0 Å². The zero-order valence-corrected chi connectivity index (χ0v) is 12.7. The largest absolute Gasteiger partial charge is 0.378 e. The SMILES string of the molecule is C#Cc1ccc([C@@H](COCCC)OC2CCCCO2)cc1. The maximum atomic E-state index is 6.10. The molecular formula is C18H24O3. The van der Waals surface area contributed by atoms with Crippen LogP contribution in [0.1, 0.15) is 49.8 Å². The molecule has 0 bridgehead atoms. The summed E-state index contributed by atoms with van der Waals surface area (Å²) in [6.45, 7) is 4.17. The number of ether oxygens (including phenoxy) is 3. The highest BCUT2D eigenvalue weighted by Gasteiger charge is 2.21. The highest BCUT2D eigenvalue weighted by Crippen LogP contribution is 2.24. The van der Waals surface area contributed by atoms with Gasteiger partial charge in [-0.1, -0.05) is 25.0 Å². The lowest BCUT2D eigenvalue weighted by atomic mass is 10.1. The van der Waals surface area contributed by atoms with Crippen LogP contribution < -0.4 is 0 Å².